The second-order valence-electron chi connectivity index (χ2n) is 2.40. The van der Waals surface area contributed by atoms with E-state index in [0.717, 1.165) is 0 Å². The molecule has 0 heterocycles. The predicted molar refractivity (Wildman–Crippen MR) is 37.6 cm³/mol. The Bertz CT molecular complexity index is 147. The molecule has 10 heavy (non-hydrogen) atoms. The van der Waals surface area contributed by atoms with E-state index in [4.69, 9.17) is 9.84 Å². The largest absolute Gasteiger partial charge is 0.484 e. The minimum Gasteiger partial charge on any atom is -0.484 e. The lowest BCUT2D eigenvalue weighted by Gasteiger charge is -2.17. The van der Waals surface area contributed by atoms with E-state index in [1.807, 2.05) is 0 Å². The summed E-state index contributed by atoms with van der Waals surface area (Å²) in [4.78, 5) is 10.4. The van der Waals surface area contributed by atoms with Gasteiger partial charge >= 0.3 is 5.97 Å². The monoisotopic (exact) mass is 144 g/mol. The highest BCUT2D eigenvalue weighted by atomic mass is 16.5. The number of allylic oxidation sites excluding steroid dienone is 1. The van der Waals surface area contributed by atoms with Crippen LogP contribution in [-0.2, 0) is 9.53 Å². The van der Waals surface area contributed by atoms with Gasteiger partial charge in [-0.15, -0.1) is 0 Å². The van der Waals surface area contributed by atoms with Gasteiger partial charge in [0.1, 0.15) is 0 Å². The third-order valence-corrected chi connectivity index (χ3v) is 1.01. The number of carboxylic acid groups (broad SMARTS) is 1. The number of carboxylic acids is 1. The average molecular weight is 144 g/mol. The molecule has 0 saturated heterocycles. The molecule has 0 rings (SSSR count). The molecule has 1 N–H and O–H groups in total. The van der Waals surface area contributed by atoms with Crippen LogP contribution in [0.5, 0.6) is 0 Å². The summed E-state index contributed by atoms with van der Waals surface area (Å²) in [6.45, 7) is 4.75. The van der Waals surface area contributed by atoms with Crippen molar-refractivity contribution in [1.29, 1.82) is 0 Å². The van der Waals surface area contributed by atoms with Gasteiger partial charge in [0.2, 0.25) is 0 Å². The molecule has 0 radical (unpaired) electrons. The Morgan fingerprint density at radius 3 is 2.40 bits per heavy atom. The van der Waals surface area contributed by atoms with E-state index in [9.17, 15) is 4.79 Å². The Labute approximate surface area is 60.3 Å². The molecule has 0 spiro atoms. The summed E-state index contributed by atoms with van der Waals surface area (Å²) in [5.74, 6) is -0.967. The van der Waals surface area contributed by atoms with Gasteiger partial charge in [0.05, 0.1) is 6.26 Å². The summed E-state index contributed by atoms with van der Waals surface area (Å²) >= 11 is 0. The van der Waals surface area contributed by atoms with Crippen molar-refractivity contribution in [3.8, 4) is 0 Å². The van der Waals surface area contributed by atoms with Crippen LogP contribution in [0.4, 0.5) is 0 Å². The SMILES string of the molecule is CC=COC(C)(C)C(=O)O. The highest BCUT2D eigenvalue weighted by Crippen LogP contribution is 2.08. The third-order valence-electron chi connectivity index (χ3n) is 1.01. The van der Waals surface area contributed by atoms with Crippen molar-refractivity contribution >= 4 is 5.97 Å². The maximum atomic E-state index is 10.4. The molecular formula is C7H12O3. The molecule has 3 nitrogen and oxygen atoms in total. The van der Waals surface area contributed by atoms with Crippen LogP contribution in [0.1, 0.15) is 20.8 Å². The predicted octanol–water partition coefficient (Wildman–Crippen LogP) is 1.40. The lowest BCUT2D eigenvalue weighted by molar-refractivity contribution is -0.155. The molecule has 0 aromatic carbocycles. The van der Waals surface area contributed by atoms with Gasteiger partial charge in [-0.1, -0.05) is 6.08 Å². The molecular weight excluding hydrogens is 132 g/mol. The summed E-state index contributed by atoms with van der Waals surface area (Å²) in [6, 6.07) is 0. The van der Waals surface area contributed by atoms with Gasteiger partial charge in [-0.25, -0.2) is 4.79 Å². The highest BCUT2D eigenvalue weighted by Gasteiger charge is 2.27. The summed E-state index contributed by atoms with van der Waals surface area (Å²) in [6.07, 6.45) is 3.01. The van der Waals surface area contributed by atoms with Crippen LogP contribution >= 0.6 is 0 Å². The summed E-state index contributed by atoms with van der Waals surface area (Å²) in [5, 5.41) is 8.51. The number of carbonyl (C=O) groups is 1. The molecule has 0 saturated carbocycles. The van der Waals surface area contributed by atoms with Crippen LogP contribution in [0, 0.1) is 0 Å². The number of hydrogen-bond donors (Lipinski definition) is 1. The zero-order valence-electron chi connectivity index (χ0n) is 6.42. The molecule has 0 aliphatic heterocycles. The van der Waals surface area contributed by atoms with Crippen LogP contribution in [0.15, 0.2) is 12.3 Å². The molecule has 3 heteroatoms. The minimum atomic E-state index is -1.12. The van der Waals surface area contributed by atoms with Gasteiger partial charge in [0.15, 0.2) is 5.60 Å². The maximum absolute atomic E-state index is 10.4. The Kier molecular flexibility index (Phi) is 2.93. The standard InChI is InChI=1S/C7H12O3/c1-4-5-10-7(2,3)6(8)9/h4-5H,1-3H3,(H,8,9). The van der Waals surface area contributed by atoms with Crippen LogP contribution in [0.25, 0.3) is 0 Å². The quantitative estimate of drug-likeness (QED) is 0.609. The molecule has 0 atom stereocenters. The zero-order chi connectivity index (χ0) is 8.20. The molecule has 0 fully saturated rings. The van der Waals surface area contributed by atoms with Gasteiger partial charge in [0.25, 0.3) is 0 Å². The summed E-state index contributed by atoms with van der Waals surface area (Å²) in [7, 11) is 0. The van der Waals surface area contributed by atoms with E-state index in [-0.39, 0.29) is 0 Å². The zero-order valence-corrected chi connectivity index (χ0v) is 6.42. The maximum Gasteiger partial charge on any atom is 0.347 e. The normalized spacial score (nSPS) is 11.9. The van der Waals surface area contributed by atoms with Gasteiger partial charge in [0, 0.05) is 0 Å². The number of rotatable bonds is 3. The van der Waals surface area contributed by atoms with Crippen LogP contribution in [0.3, 0.4) is 0 Å². The number of hydrogen-bond acceptors (Lipinski definition) is 2. The highest BCUT2D eigenvalue weighted by molar-refractivity contribution is 5.76. The van der Waals surface area contributed by atoms with E-state index < -0.39 is 11.6 Å². The average Bonchev–Trinajstić information content (AvgIpc) is 1.84. The van der Waals surface area contributed by atoms with Crippen molar-refractivity contribution in [3.63, 3.8) is 0 Å². The van der Waals surface area contributed by atoms with E-state index in [0.29, 0.717) is 0 Å². The van der Waals surface area contributed by atoms with Gasteiger partial charge < -0.3 is 9.84 Å². The fraction of sp³-hybridized carbons (Fsp3) is 0.571. The molecule has 0 aliphatic carbocycles. The van der Waals surface area contributed by atoms with E-state index >= 15 is 0 Å². The van der Waals surface area contributed by atoms with Crippen molar-refractivity contribution in [3.05, 3.63) is 12.3 Å². The van der Waals surface area contributed by atoms with Crippen molar-refractivity contribution in [2.75, 3.05) is 0 Å². The first-order chi connectivity index (χ1) is 4.50. The van der Waals surface area contributed by atoms with Crippen molar-refractivity contribution in [1.82, 2.24) is 0 Å². The van der Waals surface area contributed by atoms with E-state index in [1.165, 1.54) is 20.1 Å². The smallest absolute Gasteiger partial charge is 0.347 e. The summed E-state index contributed by atoms with van der Waals surface area (Å²) in [5.41, 5.74) is -1.12. The topological polar surface area (TPSA) is 46.5 Å². The van der Waals surface area contributed by atoms with Gasteiger partial charge in [-0.05, 0) is 20.8 Å². The Balaban J connectivity index is 3.99. The van der Waals surface area contributed by atoms with Crippen molar-refractivity contribution < 1.29 is 14.6 Å². The fourth-order valence-electron chi connectivity index (χ4n) is 0.289. The number of ether oxygens (including phenoxy) is 1. The molecule has 0 aliphatic rings. The van der Waals surface area contributed by atoms with E-state index in [1.54, 1.807) is 13.0 Å². The Morgan fingerprint density at radius 2 is 2.10 bits per heavy atom. The lowest BCUT2D eigenvalue weighted by Crippen LogP contribution is -2.32. The van der Waals surface area contributed by atoms with Crippen LogP contribution in [-0.4, -0.2) is 16.7 Å². The molecule has 0 unspecified atom stereocenters. The second kappa shape index (κ2) is 3.25. The summed E-state index contributed by atoms with van der Waals surface area (Å²) < 4.78 is 4.86. The van der Waals surface area contributed by atoms with Gasteiger partial charge in [-0.3, -0.25) is 0 Å². The molecule has 0 aromatic heterocycles. The number of aliphatic carboxylic acids is 1. The lowest BCUT2D eigenvalue weighted by atomic mass is 10.1. The van der Waals surface area contributed by atoms with Gasteiger partial charge in [-0.2, -0.15) is 0 Å². The Morgan fingerprint density at radius 1 is 1.60 bits per heavy atom. The molecule has 58 valence electrons. The first kappa shape index (κ1) is 9.01. The molecule has 0 bridgehead atoms. The first-order valence-electron chi connectivity index (χ1n) is 3.03. The van der Waals surface area contributed by atoms with Crippen molar-refractivity contribution in [2.45, 2.75) is 26.4 Å². The van der Waals surface area contributed by atoms with Crippen LogP contribution < -0.4 is 0 Å². The molecule has 0 aromatic rings. The van der Waals surface area contributed by atoms with Crippen molar-refractivity contribution in [2.24, 2.45) is 0 Å². The molecule has 0 amide bonds. The minimum absolute atomic E-state index is 0.967. The third kappa shape index (κ3) is 2.53. The van der Waals surface area contributed by atoms with Crippen LogP contribution in [0.2, 0.25) is 0 Å². The Hall–Kier alpha value is -0.990. The fourth-order valence-corrected chi connectivity index (χ4v) is 0.289. The second-order valence-corrected chi connectivity index (χ2v) is 2.40. The van der Waals surface area contributed by atoms with E-state index in [2.05, 4.69) is 0 Å². The first-order valence-corrected chi connectivity index (χ1v) is 3.03.